The summed E-state index contributed by atoms with van der Waals surface area (Å²) >= 11 is 0. The second-order valence-corrected chi connectivity index (χ2v) is 4.39. The van der Waals surface area contributed by atoms with Crippen LogP contribution in [0.2, 0.25) is 0 Å². The van der Waals surface area contributed by atoms with Gasteiger partial charge in [-0.1, -0.05) is 18.2 Å². The summed E-state index contributed by atoms with van der Waals surface area (Å²) in [6.45, 7) is 1.12. The summed E-state index contributed by atoms with van der Waals surface area (Å²) in [6.07, 6.45) is 1.91. The van der Waals surface area contributed by atoms with Crippen LogP contribution in [-0.2, 0) is 5.41 Å². The van der Waals surface area contributed by atoms with E-state index < -0.39 is 6.09 Å². The van der Waals surface area contributed by atoms with E-state index in [-0.39, 0.29) is 5.41 Å². The fourth-order valence-electron chi connectivity index (χ4n) is 2.59. The van der Waals surface area contributed by atoms with Gasteiger partial charge < -0.3 is 10.0 Å². The average Bonchev–Trinajstić information content (AvgIpc) is 2.87. The van der Waals surface area contributed by atoms with Gasteiger partial charge in [-0.3, -0.25) is 4.99 Å². The van der Waals surface area contributed by atoms with Crippen LogP contribution in [0, 0.1) is 0 Å². The second-order valence-electron chi connectivity index (χ2n) is 4.39. The minimum Gasteiger partial charge on any atom is -0.465 e. The molecule has 2 heterocycles. The Balaban J connectivity index is 1.99. The van der Waals surface area contributed by atoms with Crippen LogP contribution in [0.1, 0.15) is 12.0 Å². The lowest BCUT2D eigenvalue weighted by molar-refractivity contribution is 0.154. The zero-order valence-electron chi connectivity index (χ0n) is 8.76. The van der Waals surface area contributed by atoms with Crippen molar-refractivity contribution in [1.29, 1.82) is 0 Å². The lowest BCUT2D eigenvalue weighted by Crippen LogP contribution is -2.33. The minimum atomic E-state index is -0.838. The SMILES string of the molecule is O=C(O)N1CCC2(C=Nc3ccccc32)C1. The van der Waals surface area contributed by atoms with Crippen molar-refractivity contribution >= 4 is 18.0 Å². The smallest absolute Gasteiger partial charge is 0.407 e. The molecule has 0 bridgehead atoms. The minimum absolute atomic E-state index is 0.172. The first-order valence-electron chi connectivity index (χ1n) is 5.34. The number of para-hydroxylation sites is 1. The fourth-order valence-corrected chi connectivity index (χ4v) is 2.59. The quantitative estimate of drug-likeness (QED) is 0.721. The molecule has 1 saturated heterocycles. The van der Waals surface area contributed by atoms with Crippen molar-refractivity contribution in [2.75, 3.05) is 13.1 Å². The molecule has 1 amide bonds. The van der Waals surface area contributed by atoms with Crippen molar-refractivity contribution in [1.82, 2.24) is 4.90 Å². The number of carboxylic acid groups (broad SMARTS) is 1. The Hall–Kier alpha value is -1.84. The standard InChI is InChI=1S/C12H12N2O2/c15-11(16)14-6-5-12(8-14)7-13-10-4-2-1-3-9(10)12/h1-4,7H,5-6,8H2,(H,15,16). The molecule has 82 valence electrons. The van der Waals surface area contributed by atoms with Gasteiger partial charge in [0.05, 0.1) is 11.1 Å². The van der Waals surface area contributed by atoms with Gasteiger partial charge in [0, 0.05) is 19.3 Å². The summed E-state index contributed by atoms with van der Waals surface area (Å²) in [6, 6.07) is 7.97. The summed E-state index contributed by atoms with van der Waals surface area (Å²) in [5.74, 6) is 0. The van der Waals surface area contributed by atoms with E-state index >= 15 is 0 Å². The number of hydrogen-bond acceptors (Lipinski definition) is 2. The van der Waals surface area contributed by atoms with Crippen molar-refractivity contribution < 1.29 is 9.90 Å². The molecule has 2 aliphatic heterocycles. The fraction of sp³-hybridized carbons (Fsp3) is 0.333. The molecule has 1 atom stereocenters. The monoisotopic (exact) mass is 216 g/mol. The lowest BCUT2D eigenvalue weighted by Gasteiger charge is -2.21. The van der Waals surface area contributed by atoms with Crippen molar-refractivity contribution in [2.45, 2.75) is 11.8 Å². The predicted octanol–water partition coefficient (Wildman–Crippen LogP) is 2.02. The number of carbonyl (C=O) groups is 1. The Morgan fingerprint density at radius 2 is 2.25 bits per heavy atom. The van der Waals surface area contributed by atoms with Gasteiger partial charge in [-0.15, -0.1) is 0 Å². The largest absolute Gasteiger partial charge is 0.465 e. The van der Waals surface area contributed by atoms with E-state index in [0.29, 0.717) is 13.1 Å². The summed E-state index contributed by atoms with van der Waals surface area (Å²) in [5, 5.41) is 8.99. The zero-order chi connectivity index (χ0) is 11.2. The molecule has 1 spiro atoms. The molecule has 2 aliphatic rings. The number of hydrogen-bond donors (Lipinski definition) is 1. The third-order valence-electron chi connectivity index (χ3n) is 3.46. The Morgan fingerprint density at radius 3 is 3.00 bits per heavy atom. The maximum atomic E-state index is 10.9. The number of aliphatic imine (C=N–C) groups is 1. The first kappa shape index (κ1) is 9.39. The number of nitrogens with zero attached hydrogens (tertiary/aromatic N) is 2. The number of amides is 1. The molecule has 1 N–H and O–H groups in total. The first-order chi connectivity index (χ1) is 7.71. The molecule has 1 unspecified atom stereocenters. The Bertz CT molecular complexity index is 484. The first-order valence-corrected chi connectivity index (χ1v) is 5.34. The highest BCUT2D eigenvalue weighted by molar-refractivity contribution is 5.86. The molecule has 1 aromatic carbocycles. The van der Waals surface area contributed by atoms with Gasteiger partial charge >= 0.3 is 6.09 Å². The van der Waals surface area contributed by atoms with E-state index in [9.17, 15) is 4.79 Å². The summed E-state index contributed by atoms with van der Waals surface area (Å²) in [5.41, 5.74) is 1.98. The van der Waals surface area contributed by atoms with Crippen LogP contribution in [0.25, 0.3) is 0 Å². The number of likely N-dealkylation sites (tertiary alicyclic amines) is 1. The lowest BCUT2D eigenvalue weighted by atomic mass is 9.82. The Labute approximate surface area is 93.2 Å². The molecule has 0 radical (unpaired) electrons. The van der Waals surface area contributed by atoms with Crippen molar-refractivity contribution in [3.63, 3.8) is 0 Å². The van der Waals surface area contributed by atoms with Crippen molar-refractivity contribution in [2.24, 2.45) is 4.99 Å². The number of fused-ring (bicyclic) bond motifs is 2. The summed E-state index contributed by atoms with van der Waals surface area (Å²) < 4.78 is 0. The van der Waals surface area contributed by atoms with Crippen LogP contribution >= 0.6 is 0 Å². The van der Waals surface area contributed by atoms with Gasteiger partial charge in [0.25, 0.3) is 0 Å². The zero-order valence-corrected chi connectivity index (χ0v) is 8.76. The van der Waals surface area contributed by atoms with Crippen molar-refractivity contribution in [3.8, 4) is 0 Å². The highest BCUT2D eigenvalue weighted by Gasteiger charge is 2.43. The van der Waals surface area contributed by atoms with E-state index in [2.05, 4.69) is 4.99 Å². The van der Waals surface area contributed by atoms with Crippen LogP contribution in [0.3, 0.4) is 0 Å². The van der Waals surface area contributed by atoms with E-state index in [1.54, 1.807) is 0 Å². The maximum Gasteiger partial charge on any atom is 0.407 e. The van der Waals surface area contributed by atoms with Gasteiger partial charge in [0.2, 0.25) is 0 Å². The molecule has 1 aromatic rings. The van der Waals surface area contributed by atoms with Crippen LogP contribution in [0.5, 0.6) is 0 Å². The van der Waals surface area contributed by atoms with Gasteiger partial charge in [-0.25, -0.2) is 4.79 Å². The maximum absolute atomic E-state index is 10.9. The second kappa shape index (κ2) is 3.07. The van der Waals surface area contributed by atoms with Gasteiger partial charge in [-0.05, 0) is 18.1 Å². The molecule has 4 heteroatoms. The highest BCUT2D eigenvalue weighted by Crippen LogP contribution is 2.42. The van der Waals surface area contributed by atoms with Gasteiger partial charge in [0.1, 0.15) is 0 Å². The topological polar surface area (TPSA) is 52.9 Å². The van der Waals surface area contributed by atoms with Crippen LogP contribution in [-0.4, -0.2) is 35.4 Å². The Kier molecular flexibility index (Phi) is 1.80. The molecular formula is C12H12N2O2. The molecule has 1 fully saturated rings. The molecule has 0 saturated carbocycles. The highest BCUT2D eigenvalue weighted by atomic mass is 16.4. The third-order valence-corrected chi connectivity index (χ3v) is 3.46. The van der Waals surface area contributed by atoms with E-state index in [1.165, 1.54) is 10.5 Å². The number of benzene rings is 1. The van der Waals surface area contributed by atoms with E-state index in [1.807, 2.05) is 30.5 Å². The van der Waals surface area contributed by atoms with Crippen LogP contribution in [0.4, 0.5) is 10.5 Å². The average molecular weight is 216 g/mol. The van der Waals surface area contributed by atoms with E-state index in [0.717, 1.165) is 12.1 Å². The van der Waals surface area contributed by atoms with E-state index in [4.69, 9.17) is 5.11 Å². The summed E-state index contributed by atoms with van der Waals surface area (Å²) in [4.78, 5) is 16.8. The van der Waals surface area contributed by atoms with Crippen molar-refractivity contribution in [3.05, 3.63) is 29.8 Å². The third kappa shape index (κ3) is 1.16. The molecule has 0 aliphatic carbocycles. The molecule has 16 heavy (non-hydrogen) atoms. The van der Waals surface area contributed by atoms with Gasteiger partial charge in [-0.2, -0.15) is 0 Å². The molecule has 0 aromatic heterocycles. The summed E-state index contributed by atoms with van der Waals surface area (Å²) in [7, 11) is 0. The van der Waals surface area contributed by atoms with Crippen LogP contribution < -0.4 is 0 Å². The van der Waals surface area contributed by atoms with Crippen LogP contribution in [0.15, 0.2) is 29.3 Å². The van der Waals surface area contributed by atoms with Gasteiger partial charge in [0.15, 0.2) is 0 Å². The Morgan fingerprint density at radius 1 is 1.44 bits per heavy atom. The molecular weight excluding hydrogens is 204 g/mol. The number of rotatable bonds is 0. The molecule has 3 rings (SSSR count). The molecule has 4 nitrogen and oxygen atoms in total. The normalized spacial score (nSPS) is 26.4. The predicted molar refractivity (Wildman–Crippen MR) is 60.5 cm³/mol.